The van der Waals surface area contributed by atoms with Crippen LogP contribution in [-0.4, -0.2) is 10.2 Å². The summed E-state index contributed by atoms with van der Waals surface area (Å²) in [6.07, 6.45) is -1.49. The molecule has 0 saturated heterocycles. The molecular weight excluding hydrogens is 142 g/mol. The highest BCUT2D eigenvalue weighted by Crippen LogP contribution is 2.17. The molecule has 0 atom stereocenters. The van der Waals surface area contributed by atoms with Crippen molar-refractivity contribution in [3.63, 3.8) is 0 Å². The van der Waals surface area contributed by atoms with Crippen molar-refractivity contribution >= 4 is 5.69 Å². The number of benzene rings is 1. The molecule has 11 heavy (non-hydrogen) atoms. The molecule has 0 fully saturated rings. The lowest BCUT2D eigenvalue weighted by Crippen LogP contribution is -1.92. The molecule has 0 aliphatic carbocycles. The van der Waals surface area contributed by atoms with E-state index in [1.807, 2.05) is 0 Å². The lowest BCUT2D eigenvalue weighted by atomic mass is 10.2. The maximum Gasteiger partial charge on any atom is 0.187 e. The van der Waals surface area contributed by atoms with Crippen LogP contribution < -0.4 is 0 Å². The summed E-state index contributed by atoms with van der Waals surface area (Å²) in [5.74, 6) is 0. The number of aliphatic hydroxyl groups excluding tert-OH is 1. The summed E-state index contributed by atoms with van der Waals surface area (Å²) < 4.78 is 0. The number of nitrogens with zero attached hydrogens (tertiary/aromatic N) is 1. The fourth-order valence-electron chi connectivity index (χ4n) is 0.755. The Kier molecular flexibility index (Phi) is 2.21. The van der Waals surface area contributed by atoms with E-state index in [1.54, 1.807) is 18.2 Å². The van der Waals surface area contributed by atoms with Crippen LogP contribution in [0.2, 0.25) is 0 Å². The molecule has 1 rings (SSSR count). The van der Waals surface area contributed by atoms with E-state index in [1.165, 1.54) is 6.07 Å². The Morgan fingerprint density at radius 2 is 2.09 bits per heavy atom. The molecule has 3 heteroatoms. The van der Waals surface area contributed by atoms with Crippen LogP contribution in [-0.2, 0) is 0 Å². The van der Waals surface area contributed by atoms with Crippen molar-refractivity contribution in [3.8, 4) is 0 Å². The Bertz CT molecular complexity index is 288. The zero-order valence-corrected chi connectivity index (χ0v) is 5.73. The van der Waals surface area contributed by atoms with E-state index in [4.69, 9.17) is 16.8 Å². The van der Waals surface area contributed by atoms with Crippen LogP contribution in [0.25, 0.3) is 4.85 Å². The van der Waals surface area contributed by atoms with Crippen LogP contribution in [0.4, 0.5) is 5.69 Å². The van der Waals surface area contributed by atoms with Gasteiger partial charge in [0.15, 0.2) is 12.0 Å². The SMILES string of the molecule is [C-]#[N+]c1cccc(C(O)O)c1. The zero-order valence-electron chi connectivity index (χ0n) is 5.73. The summed E-state index contributed by atoms with van der Waals surface area (Å²) in [6, 6.07) is 6.22. The van der Waals surface area contributed by atoms with Gasteiger partial charge in [-0.1, -0.05) is 18.2 Å². The second-order valence-electron chi connectivity index (χ2n) is 2.08. The van der Waals surface area contributed by atoms with Crippen molar-refractivity contribution in [2.45, 2.75) is 6.29 Å². The van der Waals surface area contributed by atoms with Gasteiger partial charge in [0, 0.05) is 0 Å². The van der Waals surface area contributed by atoms with Crippen LogP contribution in [0.15, 0.2) is 24.3 Å². The van der Waals surface area contributed by atoms with E-state index in [9.17, 15) is 0 Å². The number of aliphatic hydroxyl groups is 2. The van der Waals surface area contributed by atoms with E-state index >= 15 is 0 Å². The van der Waals surface area contributed by atoms with Crippen LogP contribution >= 0.6 is 0 Å². The molecule has 0 aromatic heterocycles. The minimum atomic E-state index is -1.49. The second-order valence-corrected chi connectivity index (χ2v) is 2.08. The van der Waals surface area contributed by atoms with Crippen LogP contribution in [0.5, 0.6) is 0 Å². The van der Waals surface area contributed by atoms with E-state index in [0.29, 0.717) is 11.3 Å². The molecule has 0 unspecified atom stereocenters. The van der Waals surface area contributed by atoms with Gasteiger partial charge in [0.1, 0.15) is 0 Å². The smallest absolute Gasteiger partial charge is 0.187 e. The van der Waals surface area contributed by atoms with Crippen LogP contribution in [0, 0.1) is 6.57 Å². The molecule has 0 saturated carbocycles. The molecule has 0 amide bonds. The van der Waals surface area contributed by atoms with E-state index in [2.05, 4.69) is 4.85 Å². The Hall–Kier alpha value is -1.37. The monoisotopic (exact) mass is 149 g/mol. The van der Waals surface area contributed by atoms with E-state index < -0.39 is 6.29 Å². The first kappa shape index (κ1) is 7.73. The summed E-state index contributed by atoms with van der Waals surface area (Å²) in [6.45, 7) is 6.64. The van der Waals surface area contributed by atoms with Crippen molar-refractivity contribution in [1.82, 2.24) is 0 Å². The van der Waals surface area contributed by atoms with Crippen LogP contribution in [0.1, 0.15) is 11.9 Å². The van der Waals surface area contributed by atoms with Crippen molar-refractivity contribution < 1.29 is 10.2 Å². The number of hydrogen-bond acceptors (Lipinski definition) is 2. The lowest BCUT2D eigenvalue weighted by Gasteiger charge is -2.02. The van der Waals surface area contributed by atoms with Gasteiger partial charge >= 0.3 is 0 Å². The summed E-state index contributed by atoms with van der Waals surface area (Å²) >= 11 is 0. The molecule has 0 aliphatic rings. The highest BCUT2D eigenvalue weighted by atomic mass is 16.5. The summed E-state index contributed by atoms with van der Waals surface area (Å²) in [5, 5.41) is 17.4. The maximum absolute atomic E-state index is 8.70. The van der Waals surface area contributed by atoms with Crippen molar-refractivity contribution in [3.05, 3.63) is 41.2 Å². The van der Waals surface area contributed by atoms with Gasteiger partial charge in [-0.05, 0) is 11.6 Å². The average molecular weight is 149 g/mol. The minimum Gasteiger partial charge on any atom is -0.364 e. The lowest BCUT2D eigenvalue weighted by molar-refractivity contribution is -0.0424. The van der Waals surface area contributed by atoms with Gasteiger partial charge in [-0.3, -0.25) is 0 Å². The molecule has 2 N–H and O–H groups in total. The molecular formula is C8H7NO2. The average Bonchev–Trinajstić information content (AvgIpc) is 2.05. The molecule has 0 spiro atoms. The fraction of sp³-hybridized carbons (Fsp3) is 0.125. The number of rotatable bonds is 1. The topological polar surface area (TPSA) is 44.8 Å². The molecule has 56 valence electrons. The second kappa shape index (κ2) is 3.15. The minimum absolute atomic E-state index is 0.346. The third-order valence-corrected chi connectivity index (χ3v) is 1.30. The zero-order chi connectivity index (χ0) is 8.27. The summed E-state index contributed by atoms with van der Waals surface area (Å²) in [5.41, 5.74) is 0.758. The van der Waals surface area contributed by atoms with Gasteiger partial charge in [0.25, 0.3) is 0 Å². The Labute approximate surface area is 64.4 Å². The normalized spacial score (nSPS) is 9.64. The van der Waals surface area contributed by atoms with Gasteiger partial charge in [-0.2, -0.15) is 0 Å². The predicted octanol–water partition coefficient (Wildman–Crippen LogP) is 1.22. The fourth-order valence-corrected chi connectivity index (χ4v) is 0.755. The third-order valence-electron chi connectivity index (χ3n) is 1.30. The highest BCUT2D eigenvalue weighted by Gasteiger charge is 2.01. The first-order valence-corrected chi connectivity index (χ1v) is 3.07. The molecule has 1 aromatic rings. The maximum atomic E-state index is 8.70. The van der Waals surface area contributed by atoms with Gasteiger partial charge in [0.05, 0.1) is 6.57 Å². The molecule has 0 radical (unpaired) electrons. The summed E-state index contributed by atoms with van der Waals surface area (Å²) in [7, 11) is 0. The van der Waals surface area contributed by atoms with E-state index in [0.717, 1.165) is 0 Å². The largest absolute Gasteiger partial charge is 0.364 e. The van der Waals surface area contributed by atoms with Gasteiger partial charge < -0.3 is 10.2 Å². The quantitative estimate of drug-likeness (QED) is 0.465. The van der Waals surface area contributed by atoms with Gasteiger partial charge in [0.2, 0.25) is 0 Å². The first-order chi connectivity index (χ1) is 5.24. The number of hydrogen-bond donors (Lipinski definition) is 2. The Morgan fingerprint density at radius 1 is 1.36 bits per heavy atom. The molecule has 0 heterocycles. The highest BCUT2D eigenvalue weighted by molar-refractivity contribution is 5.46. The van der Waals surface area contributed by atoms with E-state index in [-0.39, 0.29) is 0 Å². The Morgan fingerprint density at radius 3 is 2.64 bits per heavy atom. The predicted molar refractivity (Wildman–Crippen MR) is 39.9 cm³/mol. The molecule has 0 aliphatic heterocycles. The molecule has 1 aromatic carbocycles. The summed E-state index contributed by atoms with van der Waals surface area (Å²) in [4.78, 5) is 3.14. The molecule has 3 nitrogen and oxygen atoms in total. The van der Waals surface area contributed by atoms with Crippen LogP contribution in [0.3, 0.4) is 0 Å². The van der Waals surface area contributed by atoms with Gasteiger partial charge in [-0.15, -0.1) is 0 Å². The molecule has 0 bridgehead atoms. The third kappa shape index (κ3) is 1.77. The van der Waals surface area contributed by atoms with Crippen molar-refractivity contribution in [2.24, 2.45) is 0 Å². The van der Waals surface area contributed by atoms with Crippen molar-refractivity contribution in [2.75, 3.05) is 0 Å². The van der Waals surface area contributed by atoms with Gasteiger partial charge in [-0.25, -0.2) is 4.85 Å². The standard InChI is InChI=1S/C8H7NO2/c1-9-7-4-2-3-6(5-7)8(10)11/h2-5,8,10-11H. The Balaban J connectivity index is 3.03. The van der Waals surface area contributed by atoms with Crippen molar-refractivity contribution in [1.29, 1.82) is 0 Å². The first-order valence-electron chi connectivity index (χ1n) is 3.07.